The second-order valence-electron chi connectivity index (χ2n) is 3.31. The second kappa shape index (κ2) is 5.26. The van der Waals surface area contributed by atoms with Gasteiger partial charge in [-0.15, -0.1) is 11.8 Å². The molecule has 15 heavy (non-hydrogen) atoms. The minimum atomic E-state index is -0.313. The van der Waals surface area contributed by atoms with Gasteiger partial charge in [-0.05, 0) is 26.2 Å². The Morgan fingerprint density at radius 2 is 2.00 bits per heavy atom. The molecular formula is C11H15FO2S. The molecule has 2 nitrogen and oxygen atoms in total. The van der Waals surface area contributed by atoms with Crippen LogP contribution in [0, 0.1) is 5.82 Å². The summed E-state index contributed by atoms with van der Waals surface area (Å²) < 4.78 is 23.9. The smallest absolute Gasteiger partial charge is 0.175 e. The van der Waals surface area contributed by atoms with Crippen molar-refractivity contribution in [1.29, 1.82) is 0 Å². The maximum Gasteiger partial charge on any atom is 0.175 e. The van der Waals surface area contributed by atoms with Gasteiger partial charge in [-0.3, -0.25) is 0 Å². The molecule has 1 aromatic rings. The fourth-order valence-corrected chi connectivity index (χ4v) is 1.76. The highest BCUT2D eigenvalue weighted by Gasteiger charge is 2.13. The molecule has 0 unspecified atom stereocenters. The van der Waals surface area contributed by atoms with Gasteiger partial charge in [0, 0.05) is 6.07 Å². The van der Waals surface area contributed by atoms with Crippen molar-refractivity contribution in [2.75, 3.05) is 13.4 Å². The SMILES string of the molecule is COc1cc(F)cc(SC)c1OC(C)C. The molecule has 0 heterocycles. The highest BCUT2D eigenvalue weighted by atomic mass is 32.2. The molecule has 0 aliphatic heterocycles. The van der Waals surface area contributed by atoms with Crippen LogP contribution in [-0.2, 0) is 0 Å². The minimum absolute atomic E-state index is 0.0373. The average molecular weight is 230 g/mol. The fourth-order valence-electron chi connectivity index (χ4n) is 1.20. The zero-order valence-corrected chi connectivity index (χ0v) is 10.2. The first kappa shape index (κ1) is 12.2. The number of hydrogen-bond donors (Lipinski definition) is 0. The summed E-state index contributed by atoms with van der Waals surface area (Å²) in [6, 6.07) is 2.78. The third kappa shape index (κ3) is 3.02. The van der Waals surface area contributed by atoms with E-state index in [1.165, 1.54) is 31.0 Å². The molecule has 1 rings (SSSR count). The van der Waals surface area contributed by atoms with Crippen molar-refractivity contribution in [3.63, 3.8) is 0 Å². The van der Waals surface area contributed by atoms with Crippen LogP contribution in [0.2, 0.25) is 0 Å². The van der Waals surface area contributed by atoms with Crippen molar-refractivity contribution in [2.24, 2.45) is 0 Å². The largest absolute Gasteiger partial charge is 0.493 e. The molecule has 0 saturated carbocycles. The molecule has 4 heteroatoms. The molecule has 0 radical (unpaired) electrons. The molecule has 0 atom stereocenters. The average Bonchev–Trinajstić information content (AvgIpc) is 2.19. The Morgan fingerprint density at radius 1 is 1.33 bits per heavy atom. The van der Waals surface area contributed by atoms with Gasteiger partial charge in [0.15, 0.2) is 11.5 Å². The van der Waals surface area contributed by atoms with E-state index in [1.54, 1.807) is 0 Å². The van der Waals surface area contributed by atoms with Crippen molar-refractivity contribution in [3.05, 3.63) is 17.9 Å². The Labute approximate surface area is 93.8 Å². The molecule has 1 aromatic carbocycles. The van der Waals surface area contributed by atoms with E-state index in [0.29, 0.717) is 11.5 Å². The Bertz CT molecular complexity index is 314. The van der Waals surface area contributed by atoms with Crippen LogP contribution in [-0.4, -0.2) is 19.5 Å². The first-order valence-corrected chi connectivity index (χ1v) is 5.89. The molecule has 0 amide bonds. The van der Waals surface area contributed by atoms with E-state index in [4.69, 9.17) is 9.47 Å². The van der Waals surface area contributed by atoms with Crippen LogP contribution in [0.3, 0.4) is 0 Å². The van der Waals surface area contributed by atoms with Gasteiger partial charge >= 0.3 is 0 Å². The highest BCUT2D eigenvalue weighted by molar-refractivity contribution is 7.98. The zero-order valence-electron chi connectivity index (χ0n) is 9.33. The molecule has 0 spiro atoms. The number of ether oxygens (including phenoxy) is 2. The quantitative estimate of drug-likeness (QED) is 0.739. The van der Waals surface area contributed by atoms with E-state index in [0.717, 1.165) is 4.90 Å². The van der Waals surface area contributed by atoms with Crippen molar-refractivity contribution >= 4 is 11.8 Å². The van der Waals surface area contributed by atoms with Crippen molar-refractivity contribution in [3.8, 4) is 11.5 Å². The highest BCUT2D eigenvalue weighted by Crippen LogP contribution is 2.38. The maximum atomic E-state index is 13.2. The Hall–Kier alpha value is -0.900. The maximum absolute atomic E-state index is 13.2. The van der Waals surface area contributed by atoms with Crippen LogP contribution in [0.15, 0.2) is 17.0 Å². The van der Waals surface area contributed by atoms with Gasteiger partial charge in [0.1, 0.15) is 5.82 Å². The van der Waals surface area contributed by atoms with E-state index < -0.39 is 0 Å². The number of thioether (sulfide) groups is 1. The predicted octanol–water partition coefficient (Wildman–Crippen LogP) is 3.34. The summed E-state index contributed by atoms with van der Waals surface area (Å²) in [5, 5.41) is 0. The summed E-state index contributed by atoms with van der Waals surface area (Å²) in [5.74, 6) is 0.738. The van der Waals surface area contributed by atoms with Gasteiger partial charge in [0.05, 0.1) is 18.1 Å². The monoisotopic (exact) mass is 230 g/mol. The Balaban J connectivity index is 3.18. The second-order valence-corrected chi connectivity index (χ2v) is 4.15. The first-order valence-electron chi connectivity index (χ1n) is 4.66. The molecule has 0 aliphatic carbocycles. The normalized spacial score (nSPS) is 10.5. The molecule has 84 valence electrons. The Morgan fingerprint density at radius 3 is 2.47 bits per heavy atom. The lowest BCUT2D eigenvalue weighted by Crippen LogP contribution is -2.07. The lowest BCUT2D eigenvalue weighted by molar-refractivity contribution is 0.223. The number of methoxy groups -OCH3 is 1. The minimum Gasteiger partial charge on any atom is -0.493 e. The van der Waals surface area contributed by atoms with E-state index >= 15 is 0 Å². The zero-order chi connectivity index (χ0) is 11.4. The molecule has 0 fully saturated rings. The van der Waals surface area contributed by atoms with Crippen molar-refractivity contribution < 1.29 is 13.9 Å². The molecule has 0 aromatic heterocycles. The summed E-state index contributed by atoms with van der Waals surface area (Å²) >= 11 is 1.44. The summed E-state index contributed by atoms with van der Waals surface area (Å²) in [6.07, 6.45) is 1.91. The van der Waals surface area contributed by atoms with E-state index in [-0.39, 0.29) is 11.9 Å². The van der Waals surface area contributed by atoms with E-state index in [1.807, 2.05) is 20.1 Å². The van der Waals surface area contributed by atoms with E-state index in [9.17, 15) is 4.39 Å². The number of hydrogen-bond acceptors (Lipinski definition) is 3. The van der Waals surface area contributed by atoms with Crippen LogP contribution in [0.25, 0.3) is 0 Å². The van der Waals surface area contributed by atoms with Gasteiger partial charge in [0.2, 0.25) is 0 Å². The van der Waals surface area contributed by atoms with Crippen LogP contribution in [0.1, 0.15) is 13.8 Å². The lowest BCUT2D eigenvalue weighted by Gasteiger charge is -2.16. The number of benzene rings is 1. The fraction of sp³-hybridized carbons (Fsp3) is 0.455. The van der Waals surface area contributed by atoms with Crippen molar-refractivity contribution in [2.45, 2.75) is 24.8 Å². The first-order chi connectivity index (χ1) is 7.08. The summed E-state index contributed by atoms with van der Waals surface area (Å²) in [5.41, 5.74) is 0. The number of rotatable bonds is 4. The van der Waals surface area contributed by atoms with Gasteiger partial charge in [-0.1, -0.05) is 0 Å². The molecule has 0 N–H and O–H groups in total. The lowest BCUT2D eigenvalue weighted by atomic mass is 10.3. The number of halogens is 1. The topological polar surface area (TPSA) is 18.5 Å². The summed E-state index contributed by atoms with van der Waals surface area (Å²) in [4.78, 5) is 0.751. The van der Waals surface area contributed by atoms with Gasteiger partial charge in [-0.25, -0.2) is 4.39 Å². The third-order valence-corrected chi connectivity index (χ3v) is 2.52. The van der Waals surface area contributed by atoms with Crippen LogP contribution >= 0.6 is 11.8 Å². The van der Waals surface area contributed by atoms with Gasteiger partial charge in [-0.2, -0.15) is 0 Å². The predicted molar refractivity (Wildman–Crippen MR) is 60.5 cm³/mol. The molecular weight excluding hydrogens is 215 g/mol. The van der Waals surface area contributed by atoms with Crippen LogP contribution in [0.5, 0.6) is 11.5 Å². The molecule has 0 saturated heterocycles. The van der Waals surface area contributed by atoms with Crippen LogP contribution in [0.4, 0.5) is 4.39 Å². The van der Waals surface area contributed by atoms with E-state index in [2.05, 4.69) is 0 Å². The van der Waals surface area contributed by atoms with Crippen LogP contribution < -0.4 is 9.47 Å². The summed E-state index contributed by atoms with van der Waals surface area (Å²) in [7, 11) is 1.51. The molecule has 0 aliphatic rings. The summed E-state index contributed by atoms with van der Waals surface area (Å²) in [6.45, 7) is 3.85. The van der Waals surface area contributed by atoms with Gasteiger partial charge in [0.25, 0.3) is 0 Å². The van der Waals surface area contributed by atoms with Crippen molar-refractivity contribution in [1.82, 2.24) is 0 Å². The third-order valence-electron chi connectivity index (χ3n) is 1.78. The Kier molecular flexibility index (Phi) is 4.27. The standard InChI is InChI=1S/C11H15FO2S/c1-7(2)14-11-9(13-3)5-8(12)6-10(11)15-4/h5-7H,1-4H3. The van der Waals surface area contributed by atoms with Gasteiger partial charge < -0.3 is 9.47 Å². The molecule has 0 bridgehead atoms.